The van der Waals surface area contributed by atoms with Gasteiger partial charge in [0.2, 0.25) is 0 Å². The van der Waals surface area contributed by atoms with Gasteiger partial charge in [0.05, 0.1) is 14.6 Å². The van der Waals surface area contributed by atoms with E-state index in [9.17, 15) is 19.7 Å². The number of aliphatic hydroxyl groups is 1. The zero-order valence-corrected chi connectivity index (χ0v) is 22.8. The van der Waals surface area contributed by atoms with Crippen molar-refractivity contribution >= 4 is 29.8 Å². The van der Waals surface area contributed by atoms with Crippen LogP contribution in [0.5, 0.6) is 0 Å². The summed E-state index contributed by atoms with van der Waals surface area (Å²) in [6.07, 6.45) is 15.1. The average Bonchev–Trinajstić information content (AvgIpc) is 2.64. The van der Waals surface area contributed by atoms with Gasteiger partial charge >= 0.3 is 35.5 Å². The minimum Gasteiger partial charge on any atom is -0.659 e. The van der Waals surface area contributed by atoms with E-state index in [1.54, 1.807) is 0 Å². The van der Waals surface area contributed by atoms with Crippen LogP contribution in [-0.4, -0.2) is 33.2 Å². The molecule has 0 heterocycles. The van der Waals surface area contributed by atoms with Crippen molar-refractivity contribution in [2.24, 2.45) is 0 Å². The first kappa shape index (κ1) is 32.4. The van der Waals surface area contributed by atoms with Gasteiger partial charge < -0.3 is 19.6 Å². The molecule has 0 aliphatic carbocycles. The second kappa shape index (κ2) is 21.1. The Morgan fingerprint density at radius 1 is 0.931 bits per heavy atom. The maximum absolute atomic E-state index is 11.6. The fourth-order valence-electron chi connectivity index (χ4n) is 3.01. The summed E-state index contributed by atoms with van der Waals surface area (Å²) < 4.78 is 3.54. The molecule has 0 rings (SSSR count). The summed E-state index contributed by atoms with van der Waals surface area (Å²) in [5.41, 5.74) is 0. The SMILES string of the molecule is CCCCCCCCCCCCCCCC(=O)OCC[C@@H](O)C(Br)[P+]([O-])([O-])O.[Na+]. The molecular weight excluding hydrogens is 470 g/mol. The molecule has 29 heavy (non-hydrogen) atoms. The summed E-state index contributed by atoms with van der Waals surface area (Å²) in [4.78, 5) is 42.2. The van der Waals surface area contributed by atoms with E-state index in [2.05, 4.69) is 22.9 Å². The van der Waals surface area contributed by atoms with Crippen LogP contribution in [0.3, 0.4) is 0 Å². The quantitative estimate of drug-likeness (QED) is 0.0883. The van der Waals surface area contributed by atoms with E-state index in [1.165, 1.54) is 64.2 Å². The fraction of sp³-hybridized carbons (Fsp3) is 0.950. The molecule has 0 aromatic heterocycles. The minimum absolute atomic E-state index is 0. The Bertz CT molecular complexity index is 384. The number of ether oxygens (including phenoxy) is 1. The zero-order chi connectivity index (χ0) is 21.3. The topological polar surface area (TPSA) is 113 Å². The van der Waals surface area contributed by atoms with Gasteiger partial charge in [0, 0.05) is 12.8 Å². The average molecular weight is 509 g/mol. The number of rotatable bonds is 19. The maximum atomic E-state index is 11.6. The van der Waals surface area contributed by atoms with Gasteiger partial charge in [-0.15, -0.1) is 0 Å². The molecule has 0 fully saturated rings. The summed E-state index contributed by atoms with van der Waals surface area (Å²) in [5, 5.41) is 9.59. The molecule has 9 heteroatoms. The number of hydrogen-bond acceptors (Lipinski definition) is 6. The van der Waals surface area contributed by atoms with E-state index < -0.39 is 18.6 Å². The van der Waals surface area contributed by atoms with Crippen molar-refractivity contribution in [3.05, 3.63) is 0 Å². The fourth-order valence-corrected chi connectivity index (χ4v) is 3.86. The molecule has 0 bridgehead atoms. The predicted molar refractivity (Wildman–Crippen MR) is 114 cm³/mol. The van der Waals surface area contributed by atoms with Crippen LogP contribution in [-0.2, 0) is 9.53 Å². The molecule has 0 radical (unpaired) electrons. The molecule has 168 valence electrons. The van der Waals surface area contributed by atoms with Crippen molar-refractivity contribution in [2.45, 2.75) is 114 Å². The molecule has 0 spiro atoms. The Morgan fingerprint density at radius 2 is 1.34 bits per heavy atom. The zero-order valence-electron chi connectivity index (χ0n) is 18.3. The van der Waals surface area contributed by atoms with E-state index in [1.807, 2.05) is 0 Å². The van der Waals surface area contributed by atoms with Crippen LogP contribution in [0.4, 0.5) is 0 Å². The van der Waals surface area contributed by atoms with E-state index in [0.29, 0.717) is 6.42 Å². The summed E-state index contributed by atoms with van der Waals surface area (Å²) in [6, 6.07) is 0. The Kier molecular flexibility index (Phi) is 23.6. The maximum Gasteiger partial charge on any atom is 1.00 e. The molecule has 0 aliphatic rings. The van der Waals surface area contributed by atoms with Gasteiger partial charge in [0.1, 0.15) is 6.10 Å². The summed E-state index contributed by atoms with van der Waals surface area (Å²) in [5.74, 6) is -0.337. The van der Waals surface area contributed by atoms with Crippen LogP contribution < -0.4 is 39.3 Å². The standard InChI is InChI=1S/C20H40BrO6P.Na/c1-2-3-4-5-6-7-8-9-10-11-12-13-14-15-19(23)27-17-16-18(22)20(21)28(24,25)26;/h18,20,22H,2-17H2,1H3,(H2,24,25,26);/q;+1/p-1/t18-,20?;/m1./s1. The molecule has 0 aromatic carbocycles. The van der Waals surface area contributed by atoms with Crippen molar-refractivity contribution in [2.75, 3.05) is 6.61 Å². The van der Waals surface area contributed by atoms with Gasteiger partial charge in [-0.05, 0) is 22.4 Å². The van der Waals surface area contributed by atoms with Crippen LogP contribution in [0.15, 0.2) is 0 Å². The molecule has 0 aromatic rings. The molecule has 0 amide bonds. The van der Waals surface area contributed by atoms with Gasteiger partial charge in [0.25, 0.3) is 0 Å². The molecule has 0 aliphatic heterocycles. The molecule has 2 atom stereocenters. The van der Waals surface area contributed by atoms with Gasteiger partial charge in [-0.25, -0.2) is 0 Å². The number of aliphatic hydroxyl groups excluding tert-OH is 1. The summed E-state index contributed by atoms with van der Waals surface area (Å²) in [6.45, 7) is 2.17. The number of hydrogen-bond donors (Lipinski definition) is 2. The van der Waals surface area contributed by atoms with Crippen LogP contribution in [0.25, 0.3) is 0 Å². The third-order valence-electron chi connectivity index (χ3n) is 4.79. The first-order valence-electron chi connectivity index (χ1n) is 10.8. The summed E-state index contributed by atoms with van der Waals surface area (Å²) in [7, 11) is -4.64. The molecule has 0 saturated heterocycles. The van der Waals surface area contributed by atoms with Crippen molar-refractivity contribution in [1.82, 2.24) is 0 Å². The van der Waals surface area contributed by atoms with Crippen molar-refractivity contribution in [3.8, 4) is 0 Å². The van der Waals surface area contributed by atoms with Crippen LogP contribution in [0.2, 0.25) is 0 Å². The van der Waals surface area contributed by atoms with E-state index in [-0.39, 0.29) is 48.6 Å². The predicted octanol–water partition coefficient (Wildman–Crippen LogP) is 0.962. The number of carbonyl (C=O) groups is 1. The first-order valence-corrected chi connectivity index (χ1v) is 13.4. The monoisotopic (exact) mass is 508 g/mol. The van der Waals surface area contributed by atoms with Gasteiger partial charge in [-0.2, -0.15) is 0 Å². The number of unbranched alkanes of at least 4 members (excludes halogenated alkanes) is 12. The van der Waals surface area contributed by atoms with E-state index in [4.69, 9.17) is 9.63 Å². The molecule has 1 unspecified atom stereocenters. The first-order chi connectivity index (χ1) is 13.3. The van der Waals surface area contributed by atoms with E-state index >= 15 is 0 Å². The third-order valence-corrected chi connectivity index (χ3v) is 7.92. The second-order valence-electron chi connectivity index (χ2n) is 7.51. The van der Waals surface area contributed by atoms with E-state index in [0.717, 1.165) is 19.3 Å². The number of carbonyl (C=O) groups excluding carboxylic acids is 1. The Labute approximate surface area is 208 Å². The normalized spacial score (nSPS) is 13.6. The van der Waals surface area contributed by atoms with Gasteiger partial charge in [-0.3, -0.25) is 9.69 Å². The summed E-state index contributed by atoms with van der Waals surface area (Å²) >= 11 is 2.71. The van der Waals surface area contributed by atoms with Gasteiger partial charge in [-0.1, -0.05) is 84.0 Å². The third kappa shape index (κ3) is 20.9. The van der Waals surface area contributed by atoms with Crippen molar-refractivity contribution in [3.63, 3.8) is 0 Å². The van der Waals surface area contributed by atoms with Crippen molar-refractivity contribution in [1.29, 1.82) is 0 Å². The van der Waals surface area contributed by atoms with Crippen LogP contribution >= 0.6 is 23.9 Å². The molecule has 0 saturated carbocycles. The molecule has 6 nitrogen and oxygen atoms in total. The Morgan fingerprint density at radius 3 is 1.76 bits per heavy atom. The van der Waals surface area contributed by atoms with Crippen molar-refractivity contribution < 1.29 is 58.9 Å². The largest absolute Gasteiger partial charge is 1.00 e. The second-order valence-corrected chi connectivity index (χ2v) is 10.9. The Hall–Kier alpha value is 1.22. The van der Waals surface area contributed by atoms with Crippen LogP contribution in [0.1, 0.15) is 103 Å². The number of alkyl halides is 1. The molecular formula is C20H39BrNaO6P. The van der Waals surface area contributed by atoms with Crippen LogP contribution in [0, 0.1) is 0 Å². The van der Waals surface area contributed by atoms with Gasteiger partial charge in [0.15, 0.2) is 4.57 Å². The smallest absolute Gasteiger partial charge is 0.659 e. The number of halogens is 1. The Balaban J connectivity index is 0. The minimum atomic E-state index is -4.64. The number of esters is 1. The molecule has 2 N–H and O–H groups in total.